The number of sulfonamides is 1. The smallest absolute Gasteiger partial charge is 0.255 e. The molecule has 9 nitrogen and oxygen atoms in total. The zero-order chi connectivity index (χ0) is 25.8. The molecule has 3 aliphatic rings. The predicted octanol–water partition coefficient (Wildman–Crippen LogP) is 1.38. The zero-order valence-corrected chi connectivity index (χ0v) is 19.7. The number of halogens is 3. The highest BCUT2D eigenvalue weighted by molar-refractivity contribution is 7.89. The molecule has 2 aromatic carbocycles. The van der Waals surface area contributed by atoms with Crippen molar-refractivity contribution in [2.45, 2.75) is 30.3 Å². The van der Waals surface area contributed by atoms with E-state index in [0.29, 0.717) is 11.6 Å². The zero-order valence-electron chi connectivity index (χ0n) is 18.8. The minimum Gasteiger partial charge on any atom is -0.367 e. The van der Waals surface area contributed by atoms with E-state index in [0.717, 1.165) is 22.5 Å². The molecule has 3 heterocycles. The van der Waals surface area contributed by atoms with Crippen molar-refractivity contribution in [3.63, 3.8) is 0 Å². The molecule has 0 radical (unpaired) electrons. The van der Waals surface area contributed by atoms with Crippen LogP contribution in [0.1, 0.15) is 28.8 Å². The second-order valence-corrected chi connectivity index (χ2v) is 10.7. The van der Waals surface area contributed by atoms with E-state index in [1.54, 1.807) is 4.90 Å². The number of benzene rings is 2. The third kappa shape index (κ3) is 4.11. The van der Waals surface area contributed by atoms with Crippen molar-refractivity contribution in [3.8, 4) is 0 Å². The van der Waals surface area contributed by atoms with E-state index < -0.39 is 56.1 Å². The van der Waals surface area contributed by atoms with Crippen LogP contribution < -0.4 is 10.2 Å². The fraction of sp³-hybridized carbons (Fsp3) is 0.348. The molecule has 1 unspecified atom stereocenters. The molecule has 190 valence electrons. The van der Waals surface area contributed by atoms with Gasteiger partial charge in [0.1, 0.15) is 28.4 Å². The van der Waals surface area contributed by atoms with Gasteiger partial charge >= 0.3 is 0 Å². The van der Waals surface area contributed by atoms with Crippen LogP contribution in [0.2, 0.25) is 0 Å². The highest BCUT2D eigenvalue weighted by atomic mass is 32.2. The van der Waals surface area contributed by atoms with Crippen LogP contribution in [0.3, 0.4) is 0 Å². The summed E-state index contributed by atoms with van der Waals surface area (Å²) < 4.78 is 69.0. The van der Waals surface area contributed by atoms with Gasteiger partial charge in [0.15, 0.2) is 0 Å². The molecule has 5 rings (SSSR count). The molecule has 0 bridgehead atoms. The standard InChI is InChI=1S/C23H21F3N4O5S/c24-14-1-3-20(17(26)10-14)36(34,35)29-7-5-28(6-8-29)19-9-13-12-30(23(33)15(13)11-16(19)25)18-2-4-21(31)27-22(18)32/h1,3,9-11,18H,2,4-8,12H2,(H,27,31,32). The number of nitrogens with one attached hydrogen (secondary N) is 1. The number of nitrogens with zero attached hydrogens (tertiary/aromatic N) is 3. The summed E-state index contributed by atoms with van der Waals surface area (Å²) in [5.74, 6) is -4.22. The number of rotatable bonds is 4. The fourth-order valence-corrected chi connectivity index (χ4v) is 6.28. The van der Waals surface area contributed by atoms with Gasteiger partial charge in [-0.15, -0.1) is 0 Å². The highest BCUT2D eigenvalue weighted by Gasteiger charge is 2.40. The normalized spacial score (nSPS) is 21.1. The largest absolute Gasteiger partial charge is 0.367 e. The number of fused-ring (bicyclic) bond motifs is 1. The van der Waals surface area contributed by atoms with Crippen LogP contribution in [-0.2, 0) is 26.2 Å². The third-order valence-corrected chi connectivity index (χ3v) is 8.61. The van der Waals surface area contributed by atoms with Crippen LogP contribution in [0.5, 0.6) is 0 Å². The molecule has 0 saturated carbocycles. The van der Waals surface area contributed by atoms with Crippen LogP contribution in [0.4, 0.5) is 18.9 Å². The Bertz CT molecular complexity index is 1390. The van der Waals surface area contributed by atoms with E-state index in [-0.39, 0.29) is 56.8 Å². The Kier molecular flexibility index (Phi) is 5.99. The molecule has 2 saturated heterocycles. The SMILES string of the molecule is O=C1CCC(N2Cc3cc(N4CCN(S(=O)(=O)c5ccc(F)cc5F)CC4)c(F)cc3C2=O)C(=O)N1. The van der Waals surface area contributed by atoms with Crippen LogP contribution in [0.15, 0.2) is 35.2 Å². The van der Waals surface area contributed by atoms with Gasteiger partial charge in [0.2, 0.25) is 21.8 Å². The molecule has 13 heteroatoms. The monoisotopic (exact) mass is 522 g/mol. The van der Waals surface area contributed by atoms with Crippen molar-refractivity contribution in [1.82, 2.24) is 14.5 Å². The van der Waals surface area contributed by atoms with Gasteiger partial charge in [-0.2, -0.15) is 4.31 Å². The summed E-state index contributed by atoms with van der Waals surface area (Å²) >= 11 is 0. The molecule has 0 spiro atoms. The number of hydrogen-bond acceptors (Lipinski definition) is 6. The Labute approximate surface area is 204 Å². The van der Waals surface area contributed by atoms with Gasteiger partial charge in [-0.25, -0.2) is 21.6 Å². The van der Waals surface area contributed by atoms with Crippen molar-refractivity contribution in [1.29, 1.82) is 0 Å². The average Bonchev–Trinajstić information content (AvgIpc) is 3.13. The van der Waals surface area contributed by atoms with Crippen molar-refractivity contribution >= 4 is 33.4 Å². The maximum atomic E-state index is 15.0. The van der Waals surface area contributed by atoms with Crippen molar-refractivity contribution < 1.29 is 36.0 Å². The lowest BCUT2D eigenvalue weighted by molar-refractivity contribution is -0.136. The Morgan fingerprint density at radius 3 is 2.31 bits per heavy atom. The molecular weight excluding hydrogens is 501 g/mol. The Morgan fingerprint density at radius 1 is 0.917 bits per heavy atom. The summed E-state index contributed by atoms with van der Waals surface area (Å²) in [5.41, 5.74) is 0.829. The summed E-state index contributed by atoms with van der Waals surface area (Å²) in [7, 11) is -4.21. The minimum absolute atomic E-state index is 0.0585. The van der Waals surface area contributed by atoms with E-state index in [4.69, 9.17) is 0 Å². The van der Waals surface area contributed by atoms with Crippen LogP contribution >= 0.6 is 0 Å². The van der Waals surface area contributed by atoms with Gasteiger partial charge in [-0.1, -0.05) is 0 Å². The van der Waals surface area contributed by atoms with Gasteiger partial charge in [0, 0.05) is 50.8 Å². The number of piperazine rings is 1. The lowest BCUT2D eigenvalue weighted by Crippen LogP contribution is -2.52. The summed E-state index contributed by atoms with van der Waals surface area (Å²) in [6.45, 7) is 0.158. The van der Waals surface area contributed by atoms with Crippen LogP contribution in [0, 0.1) is 17.5 Å². The van der Waals surface area contributed by atoms with Crippen molar-refractivity contribution in [2.75, 3.05) is 31.1 Å². The summed E-state index contributed by atoms with van der Waals surface area (Å²) in [4.78, 5) is 38.8. The topological polar surface area (TPSA) is 107 Å². The molecule has 0 aromatic heterocycles. The van der Waals surface area contributed by atoms with E-state index in [1.165, 1.54) is 11.0 Å². The highest BCUT2D eigenvalue weighted by Crippen LogP contribution is 2.33. The molecule has 1 atom stereocenters. The molecule has 3 aliphatic heterocycles. The molecular formula is C23H21F3N4O5S. The average molecular weight is 523 g/mol. The number of carbonyl (C=O) groups is 3. The second-order valence-electron chi connectivity index (χ2n) is 8.83. The van der Waals surface area contributed by atoms with Crippen molar-refractivity contribution in [2.24, 2.45) is 0 Å². The number of hydrogen-bond donors (Lipinski definition) is 1. The van der Waals surface area contributed by atoms with Gasteiger partial charge in [-0.3, -0.25) is 19.7 Å². The molecule has 36 heavy (non-hydrogen) atoms. The number of amides is 3. The van der Waals surface area contributed by atoms with Gasteiger partial charge in [0.05, 0.1) is 5.69 Å². The molecule has 0 aliphatic carbocycles. The van der Waals surface area contributed by atoms with E-state index in [9.17, 15) is 31.6 Å². The maximum absolute atomic E-state index is 15.0. The summed E-state index contributed by atoms with van der Waals surface area (Å²) in [6.07, 6.45) is 0.288. The predicted molar refractivity (Wildman–Crippen MR) is 120 cm³/mol. The Hall–Kier alpha value is -3.45. The first-order chi connectivity index (χ1) is 17.1. The Morgan fingerprint density at radius 2 is 1.64 bits per heavy atom. The summed E-state index contributed by atoms with van der Waals surface area (Å²) in [6, 6.07) is 4.04. The first-order valence-electron chi connectivity index (χ1n) is 11.2. The third-order valence-electron chi connectivity index (χ3n) is 6.68. The molecule has 3 amide bonds. The molecule has 2 aromatic rings. The van der Waals surface area contributed by atoms with E-state index in [1.807, 2.05) is 0 Å². The van der Waals surface area contributed by atoms with Gasteiger partial charge in [-0.05, 0) is 36.2 Å². The number of imide groups is 1. The summed E-state index contributed by atoms with van der Waals surface area (Å²) in [5, 5.41) is 2.21. The van der Waals surface area contributed by atoms with Gasteiger partial charge < -0.3 is 9.80 Å². The first kappa shape index (κ1) is 24.3. The van der Waals surface area contributed by atoms with Crippen molar-refractivity contribution in [3.05, 3.63) is 58.9 Å². The van der Waals surface area contributed by atoms with E-state index >= 15 is 4.39 Å². The second kappa shape index (κ2) is 8.89. The van der Waals surface area contributed by atoms with Crippen LogP contribution in [0.25, 0.3) is 0 Å². The molecule has 2 fully saturated rings. The number of carbonyl (C=O) groups excluding carboxylic acids is 3. The molecule has 1 N–H and O–H groups in total. The maximum Gasteiger partial charge on any atom is 0.255 e. The first-order valence-corrected chi connectivity index (χ1v) is 12.7. The van der Waals surface area contributed by atoms with Gasteiger partial charge in [0.25, 0.3) is 5.91 Å². The Balaban J connectivity index is 1.32. The number of anilines is 1. The fourth-order valence-electron chi connectivity index (χ4n) is 4.81. The lowest BCUT2D eigenvalue weighted by Gasteiger charge is -2.35. The van der Waals surface area contributed by atoms with E-state index in [2.05, 4.69) is 5.32 Å². The number of piperidine rings is 1. The minimum atomic E-state index is -4.21. The lowest BCUT2D eigenvalue weighted by atomic mass is 10.0. The van der Waals surface area contributed by atoms with Crippen LogP contribution in [-0.4, -0.2) is 67.6 Å². The quantitative estimate of drug-likeness (QED) is 0.608.